The Labute approximate surface area is 119 Å². The Kier molecular flexibility index (Phi) is 3.89. The van der Waals surface area contributed by atoms with Crippen LogP contribution in [0.15, 0.2) is 16.6 Å². The third-order valence-corrected chi connectivity index (χ3v) is 3.79. The molecule has 1 unspecified atom stereocenters. The van der Waals surface area contributed by atoms with Crippen LogP contribution in [0.25, 0.3) is 0 Å². The zero-order valence-corrected chi connectivity index (χ0v) is 12.3. The van der Waals surface area contributed by atoms with Crippen LogP contribution in [0, 0.1) is 12.7 Å². The maximum Gasteiger partial charge on any atom is 0.247 e. The van der Waals surface area contributed by atoms with Crippen LogP contribution in [-0.2, 0) is 9.59 Å². The zero-order chi connectivity index (χ0) is 14.2. The highest BCUT2D eigenvalue weighted by Gasteiger charge is 2.35. The van der Waals surface area contributed by atoms with E-state index < -0.39 is 6.04 Å². The quantitative estimate of drug-likeness (QED) is 0.904. The average Bonchev–Trinajstić information content (AvgIpc) is 2.36. The van der Waals surface area contributed by atoms with E-state index in [9.17, 15) is 14.0 Å². The maximum atomic E-state index is 13.4. The summed E-state index contributed by atoms with van der Waals surface area (Å²) in [5.41, 5.74) is 1.20. The molecule has 0 saturated carbocycles. The largest absolute Gasteiger partial charge is 0.345 e. The molecule has 2 rings (SSSR count). The van der Waals surface area contributed by atoms with Crippen LogP contribution in [0.3, 0.4) is 0 Å². The molecular weight excluding hydrogens is 315 g/mol. The Hall–Kier alpha value is -1.43. The minimum Gasteiger partial charge on any atom is -0.345 e. The summed E-state index contributed by atoms with van der Waals surface area (Å²) >= 11 is 3.11. The first-order valence-corrected chi connectivity index (χ1v) is 6.80. The summed E-state index contributed by atoms with van der Waals surface area (Å²) < 4.78 is 13.7. The van der Waals surface area contributed by atoms with Gasteiger partial charge in [0.05, 0.1) is 11.0 Å². The minimum atomic E-state index is -0.544. The molecule has 4 nitrogen and oxygen atoms in total. The number of anilines is 1. The fourth-order valence-corrected chi connectivity index (χ4v) is 2.55. The Morgan fingerprint density at radius 2 is 2.16 bits per heavy atom. The molecule has 1 atom stereocenters. The van der Waals surface area contributed by atoms with Gasteiger partial charge in [-0.05, 0) is 47.0 Å². The highest BCUT2D eigenvalue weighted by molar-refractivity contribution is 9.10. The molecule has 0 radical (unpaired) electrons. The van der Waals surface area contributed by atoms with Gasteiger partial charge in [-0.1, -0.05) is 6.92 Å². The molecule has 1 fully saturated rings. The average molecular weight is 329 g/mol. The molecule has 1 heterocycles. The predicted octanol–water partition coefficient (Wildman–Crippen LogP) is 2.14. The highest BCUT2D eigenvalue weighted by Crippen LogP contribution is 2.30. The van der Waals surface area contributed by atoms with Crippen LogP contribution in [0.4, 0.5) is 10.1 Å². The Morgan fingerprint density at radius 1 is 1.47 bits per heavy atom. The molecule has 1 aliphatic rings. The van der Waals surface area contributed by atoms with Gasteiger partial charge in [-0.3, -0.25) is 14.5 Å². The molecular formula is C13H14BrFN2O2. The van der Waals surface area contributed by atoms with Crippen molar-refractivity contribution in [3.05, 3.63) is 28.0 Å². The van der Waals surface area contributed by atoms with Crippen molar-refractivity contribution in [1.29, 1.82) is 0 Å². The van der Waals surface area contributed by atoms with Gasteiger partial charge < -0.3 is 5.32 Å². The van der Waals surface area contributed by atoms with E-state index in [0.717, 1.165) is 0 Å². The second kappa shape index (κ2) is 5.28. The van der Waals surface area contributed by atoms with Gasteiger partial charge in [0.25, 0.3) is 0 Å². The highest BCUT2D eigenvalue weighted by atomic mass is 79.9. The predicted molar refractivity (Wildman–Crippen MR) is 73.4 cm³/mol. The van der Waals surface area contributed by atoms with E-state index >= 15 is 0 Å². The Bertz CT molecular complexity index is 548. The Morgan fingerprint density at radius 3 is 2.79 bits per heavy atom. The van der Waals surface area contributed by atoms with Crippen molar-refractivity contribution in [2.24, 2.45) is 0 Å². The number of carbonyl (C=O) groups excluding carboxylic acids is 2. The lowest BCUT2D eigenvalue weighted by Crippen LogP contribution is -2.58. The van der Waals surface area contributed by atoms with Crippen LogP contribution < -0.4 is 10.2 Å². The lowest BCUT2D eigenvalue weighted by Gasteiger charge is -2.35. The first-order valence-electron chi connectivity index (χ1n) is 6.01. The van der Waals surface area contributed by atoms with Gasteiger partial charge in [-0.2, -0.15) is 0 Å². The summed E-state index contributed by atoms with van der Waals surface area (Å²) in [4.78, 5) is 25.3. The number of piperazine rings is 1. The Balaban J connectivity index is 2.51. The lowest BCUT2D eigenvalue weighted by atomic mass is 10.1. The summed E-state index contributed by atoms with van der Waals surface area (Å²) in [6.07, 6.45) is 0.506. The topological polar surface area (TPSA) is 49.4 Å². The van der Waals surface area contributed by atoms with Gasteiger partial charge in [-0.25, -0.2) is 4.39 Å². The number of hydrogen-bond acceptors (Lipinski definition) is 2. The van der Waals surface area contributed by atoms with Gasteiger partial charge in [0, 0.05) is 5.69 Å². The molecule has 102 valence electrons. The molecule has 1 aliphatic heterocycles. The number of halogens is 2. The first-order chi connectivity index (χ1) is 8.95. The van der Waals surface area contributed by atoms with Crippen LogP contribution in [0.5, 0.6) is 0 Å². The van der Waals surface area contributed by atoms with E-state index in [-0.39, 0.29) is 28.6 Å². The molecule has 6 heteroatoms. The number of rotatable bonds is 2. The van der Waals surface area contributed by atoms with Crippen molar-refractivity contribution >= 4 is 33.4 Å². The molecule has 1 aromatic carbocycles. The summed E-state index contributed by atoms with van der Waals surface area (Å²) in [6.45, 7) is 3.53. The third-order valence-electron chi connectivity index (χ3n) is 3.18. The second-order valence-electron chi connectivity index (χ2n) is 4.46. The van der Waals surface area contributed by atoms with E-state index in [4.69, 9.17) is 0 Å². The van der Waals surface area contributed by atoms with Crippen LogP contribution in [0.1, 0.15) is 18.9 Å². The van der Waals surface area contributed by atoms with Crippen molar-refractivity contribution in [2.45, 2.75) is 26.3 Å². The number of aryl methyl sites for hydroxylation is 1. The van der Waals surface area contributed by atoms with E-state index in [2.05, 4.69) is 21.2 Å². The van der Waals surface area contributed by atoms with Gasteiger partial charge in [0.1, 0.15) is 11.9 Å². The van der Waals surface area contributed by atoms with E-state index in [0.29, 0.717) is 17.7 Å². The summed E-state index contributed by atoms with van der Waals surface area (Å²) in [7, 11) is 0. The molecule has 1 N–H and O–H groups in total. The number of nitrogens with zero attached hydrogens (tertiary/aromatic N) is 1. The standard InChI is InChI=1S/C13H14BrFN2O2/c1-3-10-13(19)16-6-12(18)17(10)11-5-8(14)9(15)4-7(11)2/h4-5,10H,3,6H2,1-2H3,(H,16,19). The molecule has 2 amide bonds. The zero-order valence-electron chi connectivity index (χ0n) is 10.7. The van der Waals surface area contributed by atoms with Gasteiger partial charge in [0.2, 0.25) is 11.8 Å². The van der Waals surface area contributed by atoms with Gasteiger partial charge >= 0.3 is 0 Å². The molecule has 1 aromatic rings. The van der Waals surface area contributed by atoms with Crippen molar-refractivity contribution in [2.75, 3.05) is 11.4 Å². The number of nitrogens with one attached hydrogen (secondary N) is 1. The second-order valence-corrected chi connectivity index (χ2v) is 5.31. The maximum absolute atomic E-state index is 13.4. The number of benzene rings is 1. The third kappa shape index (κ3) is 2.49. The van der Waals surface area contributed by atoms with Gasteiger partial charge in [-0.15, -0.1) is 0 Å². The molecule has 19 heavy (non-hydrogen) atoms. The molecule has 0 spiro atoms. The van der Waals surface area contributed by atoms with E-state index in [1.54, 1.807) is 13.0 Å². The first kappa shape index (κ1) is 14.0. The van der Waals surface area contributed by atoms with Crippen molar-refractivity contribution in [3.63, 3.8) is 0 Å². The summed E-state index contributed by atoms with van der Waals surface area (Å²) in [5, 5.41) is 2.56. The van der Waals surface area contributed by atoms with Crippen molar-refractivity contribution in [1.82, 2.24) is 5.32 Å². The van der Waals surface area contributed by atoms with Gasteiger partial charge in [0.15, 0.2) is 0 Å². The number of hydrogen-bond donors (Lipinski definition) is 1. The fourth-order valence-electron chi connectivity index (χ4n) is 2.22. The van der Waals surface area contributed by atoms with E-state index in [1.165, 1.54) is 11.0 Å². The number of amides is 2. The SMILES string of the molecule is CCC1C(=O)NCC(=O)N1c1cc(Br)c(F)cc1C. The normalized spacial score (nSPS) is 19.6. The minimum absolute atomic E-state index is 0.0240. The van der Waals surface area contributed by atoms with Crippen LogP contribution in [0.2, 0.25) is 0 Å². The lowest BCUT2D eigenvalue weighted by molar-refractivity contribution is -0.131. The van der Waals surface area contributed by atoms with Crippen LogP contribution in [-0.4, -0.2) is 24.4 Å². The van der Waals surface area contributed by atoms with Crippen molar-refractivity contribution < 1.29 is 14.0 Å². The molecule has 0 aliphatic carbocycles. The fraction of sp³-hybridized carbons (Fsp3) is 0.385. The molecule has 0 bridgehead atoms. The summed E-state index contributed by atoms with van der Waals surface area (Å²) in [5.74, 6) is -0.752. The number of carbonyl (C=O) groups is 2. The smallest absolute Gasteiger partial charge is 0.247 e. The summed E-state index contributed by atoms with van der Waals surface area (Å²) in [6, 6.07) is 2.35. The monoisotopic (exact) mass is 328 g/mol. The molecule has 0 aromatic heterocycles. The van der Waals surface area contributed by atoms with E-state index in [1.807, 2.05) is 6.92 Å². The van der Waals surface area contributed by atoms with Crippen molar-refractivity contribution in [3.8, 4) is 0 Å². The van der Waals surface area contributed by atoms with Crippen LogP contribution >= 0.6 is 15.9 Å². The molecule has 1 saturated heterocycles.